The van der Waals surface area contributed by atoms with E-state index >= 15 is 0 Å². The number of carboxylic acid groups (broad SMARTS) is 1. The summed E-state index contributed by atoms with van der Waals surface area (Å²) in [5.41, 5.74) is 0. The zero-order valence-electron chi connectivity index (χ0n) is 7.29. The molecule has 0 aromatic carbocycles. The van der Waals surface area contributed by atoms with Crippen LogP contribution in [-0.2, 0) is 9.59 Å². The maximum absolute atomic E-state index is 10.8. The van der Waals surface area contributed by atoms with Crippen molar-refractivity contribution in [2.45, 2.75) is 13.3 Å². The van der Waals surface area contributed by atoms with E-state index in [0.717, 1.165) is 0 Å². The molecule has 0 aliphatic rings. The summed E-state index contributed by atoms with van der Waals surface area (Å²) < 4.78 is 0. The largest absolute Gasteiger partial charge is 0.465 e. The van der Waals surface area contributed by atoms with Crippen LogP contribution in [-0.4, -0.2) is 36.0 Å². The van der Waals surface area contributed by atoms with Gasteiger partial charge in [-0.25, -0.2) is 4.79 Å². The van der Waals surface area contributed by atoms with E-state index in [1.165, 1.54) is 6.92 Å². The Bertz CT molecular complexity index is 215. The Labute approximate surface area is 75.3 Å². The van der Waals surface area contributed by atoms with Gasteiger partial charge in [0, 0.05) is 13.1 Å². The third-order valence-electron chi connectivity index (χ3n) is 1.13. The van der Waals surface area contributed by atoms with Gasteiger partial charge in [0.15, 0.2) is 0 Å². The number of Topliss-reactive ketones (excluding diaryl/α,β-unsaturated/α-hetero) is 1. The number of amides is 2. The van der Waals surface area contributed by atoms with E-state index < -0.39 is 6.09 Å². The number of rotatable bonds is 5. The van der Waals surface area contributed by atoms with Crippen molar-refractivity contribution in [1.29, 1.82) is 0 Å². The number of nitrogens with one attached hydrogen (secondary N) is 2. The Hall–Kier alpha value is -1.59. The fraction of sp³-hybridized carbons (Fsp3) is 0.571. The first-order valence-corrected chi connectivity index (χ1v) is 3.75. The summed E-state index contributed by atoms with van der Waals surface area (Å²) in [7, 11) is 0. The summed E-state index contributed by atoms with van der Waals surface area (Å²) in [6.45, 7) is 1.65. The van der Waals surface area contributed by atoms with Crippen LogP contribution in [0.2, 0.25) is 0 Å². The first-order valence-electron chi connectivity index (χ1n) is 3.75. The lowest BCUT2D eigenvalue weighted by molar-refractivity contribution is -0.127. The van der Waals surface area contributed by atoms with Gasteiger partial charge in [-0.15, -0.1) is 0 Å². The second-order valence-corrected chi connectivity index (χ2v) is 2.46. The molecule has 0 aliphatic heterocycles. The normalized spacial score (nSPS) is 9.00. The van der Waals surface area contributed by atoms with Crippen LogP contribution in [0.4, 0.5) is 4.79 Å². The molecule has 0 bridgehead atoms. The van der Waals surface area contributed by atoms with Crippen molar-refractivity contribution < 1.29 is 19.5 Å². The fourth-order valence-corrected chi connectivity index (χ4v) is 0.660. The summed E-state index contributed by atoms with van der Waals surface area (Å²) >= 11 is 0. The van der Waals surface area contributed by atoms with E-state index in [2.05, 4.69) is 10.6 Å². The van der Waals surface area contributed by atoms with Crippen LogP contribution in [0.3, 0.4) is 0 Å². The molecule has 0 aromatic heterocycles. The average Bonchev–Trinajstić information content (AvgIpc) is 1.96. The molecule has 74 valence electrons. The van der Waals surface area contributed by atoms with Gasteiger partial charge in [0.2, 0.25) is 5.91 Å². The molecular formula is C7H12N2O4. The monoisotopic (exact) mass is 188 g/mol. The van der Waals surface area contributed by atoms with Gasteiger partial charge >= 0.3 is 6.09 Å². The van der Waals surface area contributed by atoms with E-state index in [1.54, 1.807) is 0 Å². The van der Waals surface area contributed by atoms with E-state index in [0.29, 0.717) is 0 Å². The van der Waals surface area contributed by atoms with E-state index in [4.69, 9.17) is 5.11 Å². The van der Waals surface area contributed by atoms with Crippen molar-refractivity contribution in [2.75, 3.05) is 13.1 Å². The van der Waals surface area contributed by atoms with Crippen molar-refractivity contribution in [1.82, 2.24) is 10.6 Å². The van der Waals surface area contributed by atoms with Gasteiger partial charge in [0.05, 0.1) is 6.42 Å². The first-order chi connectivity index (χ1) is 6.02. The van der Waals surface area contributed by atoms with Crippen molar-refractivity contribution in [3.05, 3.63) is 0 Å². The third kappa shape index (κ3) is 8.32. The molecule has 0 aliphatic carbocycles. The summed E-state index contributed by atoms with van der Waals surface area (Å²) in [4.78, 5) is 31.2. The Morgan fingerprint density at radius 3 is 2.15 bits per heavy atom. The van der Waals surface area contributed by atoms with Crippen LogP contribution >= 0.6 is 0 Å². The van der Waals surface area contributed by atoms with Gasteiger partial charge in [-0.3, -0.25) is 9.59 Å². The molecule has 0 radical (unpaired) electrons. The Balaban J connectivity index is 3.37. The second-order valence-electron chi connectivity index (χ2n) is 2.46. The van der Waals surface area contributed by atoms with Gasteiger partial charge in [0.1, 0.15) is 5.78 Å². The number of ketones is 1. The molecule has 0 heterocycles. The molecule has 0 atom stereocenters. The lowest BCUT2D eigenvalue weighted by Crippen LogP contribution is -2.34. The van der Waals surface area contributed by atoms with Gasteiger partial charge in [-0.2, -0.15) is 0 Å². The minimum absolute atomic E-state index is 0.138. The van der Waals surface area contributed by atoms with Crippen LogP contribution in [0.15, 0.2) is 0 Å². The van der Waals surface area contributed by atoms with Crippen LogP contribution in [0.25, 0.3) is 0 Å². The van der Waals surface area contributed by atoms with Crippen molar-refractivity contribution in [3.63, 3.8) is 0 Å². The predicted octanol–water partition coefficient (Wildman–Crippen LogP) is -0.651. The highest BCUT2D eigenvalue weighted by atomic mass is 16.4. The molecule has 13 heavy (non-hydrogen) atoms. The zero-order valence-corrected chi connectivity index (χ0v) is 7.29. The molecule has 0 unspecified atom stereocenters. The SMILES string of the molecule is CC(=O)CC(=O)NCCNC(=O)O. The van der Waals surface area contributed by atoms with Crippen LogP contribution < -0.4 is 10.6 Å². The van der Waals surface area contributed by atoms with Crippen LogP contribution in [0, 0.1) is 0 Å². The topological polar surface area (TPSA) is 95.5 Å². The standard InChI is InChI=1S/C7H12N2O4/c1-5(10)4-6(11)8-2-3-9-7(12)13/h9H,2-4H2,1H3,(H,8,11)(H,12,13). The maximum atomic E-state index is 10.8. The maximum Gasteiger partial charge on any atom is 0.404 e. The highest BCUT2D eigenvalue weighted by Crippen LogP contribution is 1.80. The smallest absolute Gasteiger partial charge is 0.404 e. The van der Waals surface area contributed by atoms with Crippen molar-refractivity contribution >= 4 is 17.8 Å². The van der Waals surface area contributed by atoms with Gasteiger partial charge < -0.3 is 15.7 Å². The molecule has 0 aromatic rings. The molecular weight excluding hydrogens is 176 g/mol. The predicted molar refractivity (Wildman–Crippen MR) is 44.3 cm³/mol. The Morgan fingerprint density at radius 1 is 1.15 bits per heavy atom. The highest BCUT2D eigenvalue weighted by molar-refractivity contribution is 5.96. The highest BCUT2D eigenvalue weighted by Gasteiger charge is 2.03. The lowest BCUT2D eigenvalue weighted by Gasteiger charge is -2.02. The van der Waals surface area contributed by atoms with Gasteiger partial charge in [0.25, 0.3) is 0 Å². The quantitative estimate of drug-likeness (QED) is 0.394. The fourth-order valence-electron chi connectivity index (χ4n) is 0.660. The Kier molecular flexibility index (Phi) is 5.25. The van der Waals surface area contributed by atoms with Gasteiger partial charge in [-0.1, -0.05) is 0 Å². The van der Waals surface area contributed by atoms with Crippen LogP contribution in [0.1, 0.15) is 13.3 Å². The number of carbonyl (C=O) groups excluding carboxylic acids is 2. The summed E-state index contributed by atoms with van der Waals surface area (Å²) in [6.07, 6.45) is -1.30. The average molecular weight is 188 g/mol. The van der Waals surface area contributed by atoms with Crippen molar-refractivity contribution in [2.24, 2.45) is 0 Å². The van der Waals surface area contributed by atoms with Gasteiger partial charge in [-0.05, 0) is 6.92 Å². The molecule has 6 nitrogen and oxygen atoms in total. The minimum atomic E-state index is -1.14. The third-order valence-corrected chi connectivity index (χ3v) is 1.13. The zero-order chi connectivity index (χ0) is 10.3. The molecule has 3 N–H and O–H groups in total. The number of hydrogen-bond acceptors (Lipinski definition) is 3. The first kappa shape index (κ1) is 11.4. The molecule has 0 saturated heterocycles. The molecule has 0 rings (SSSR count). The second kappa shape index (κ2) is 5.99. The van der Waals surface area contributed by atoms with Crippen molar-refractivity contribution in [3.8, 4) is 0 Å². The van der Waals surface area contributed by atoms with E-state index in [9.17, 15) is 14.4 Å². The van der Waals surface area contributed by atoms with E-state index in [-0.39, 0.29) is 31.2 Å². The number of carbonyl (C=O) groups is 3. The summed E-state index contributed by atoms with van der Waals surface area (Å²) in [5, 5.41) is 12.6. The van der Waals surface area contributed by atoms with Crippen LogP contribution in [0.5, 0.6) is 0 Å². The van der Waals surface area contributed by atoms with E-state index in [1.807, 2.05) is 0 Å². The molecule has 6 heteroatoms. The minimum Gasteiger partial charge on any atom is -0.465 e. The molecule has 0 spiro atoms. The summed E-state index contributed by atoms with van der Waals surface area (Å²) in [6, 6.07) is 0. The molecule has 2 amide bonds. The summed E-state index contributed by atoms with van der Waals surface area (Å²) in [5.74, 6) is -0.608. The molecule has 0 fully saturated rings. The lowest BCUT2D eigenvalue weighted by atomic mass is 10.3. The molecule has 0 saturated carbocycles. The number of hydrogen-bond donors (Lipinski definition) is 3. The Morgan fingerprint density at radius 2 is 1.69 bits per heavy atom.